The maximum Gasteiger partial charge on any atom is 0.137 e. The minimum atomic E-state index is -0.647. The fourth-order valence-corrected chi connectivity index (χ4v) is 11.1. The lowest BCUT2D eigenvalue weighted by molar-refractivity contribution is 0.435. The molecule has 3 heterocycles. The van der Waals surface area contributed by atoms with Crippen LogP contribution >= 0.6 is 0 Å². The van der Waals surface area contributed by atoms with Gasteiger partial charge in [-0.15, -0.1) is 0 Å². The van der Waals surface area contributed by atoms with Gasteiger partial charge in [0.05, 0.1) is 16.4 Å². The Balaban J connectivity index is 1.02. The van der Waals surface area contributed by atoms with Gasteiger partial charge in [-0.05, 0) is 112 Å². The van der Waals surface area contributed by atoms with Crippen LogP contribution in [0.25, 0.3) is 71.3 Å². The Kier molecular flexibility index (Phi) is 7.01. The molecule has 0 N–H and O–H groups in total. The molecule has 0 bridgehead atoms. The first kappa shape index (κ1) is 34.4. The lowest BCUT2D eigenvalue weighted by atomic mass is 9.58. The van der Waals surface area contributed by atoms with Crippen LogP contribution in [0.1, 0.15) is 22.3 Å². The summed E-state index contributed by atoms with van der Waals surface area (Å²) < 4.78 is 15.5. The monoisotopic (exact) mass is 804 g/mol. The van der Waals surface area contributed by atoms with Crippen molar-refractivity contribution < 1.29 is 9.15 Å². The van der Waals surface area contributed by atoms with Crippen LogP contribution in [0.3, 0.4) is 0 Å². The van der Waals surface area contributed by atoms with Crippen molar-refractivity contribution in [2.24, 2.45) is 0 Å². The molecule has 4 nitrogen and oxygen atoms in total. The standard InChI is InChI=1S/C59H36N2O2/c1-2-16-38(17-3-1)60(39-30-33-53-47(34-39)43-18-4-8-24-52(43)61(53)41-29-32-45-44-19-5-9-25-54(44)62-57(45)36-41)40-28-31-42-46-20-12-14-37-15-13-23-50(58(37)46)59(51(42)35-40)48-21-6-10-26-55(48)63-56-27-11-7-22-49(56)59/h1-36H. The fraction of sp³-hybridized carbons (Fsp3) is 0.0169. The number of hydrogen-bond donors (Lipinski definition) is 0. The molecule has 10 aromatic carbocycles. The predicted molar refractivity (Wildman–Crippen MR) is 258 cm³/mol. The molecular formula is C59H36N2O2. The molecule has 294 valence electrons. The Morgan fingerprint density at radius 2 is 1.03 bits per heavy atom. The topological polar surface area (TPSA) is 30.5 Å². The molecule has 1 spiro atoms. The summed E-state index contributed by atoms with van der Waals surface area (Å²) in [6.45, 7) is 0. The number of nitrogens with zero attached hydrogens (tertiary/aromatic N) is 2. The molecular weight excluding hydrogens is 769 g/mol. The molecule has 12 aromatic rings. The highest BCUT2D eigenvalue weighted by atomic mass is 16.5. The Morgan fingerprint density at radius 1 is 0.381 bits per heavy atom. The van der Waals surface area contributed by atoms with Gasteiger partial charge in [-0.2, -0.15) is 0 Å². The number of rotatable bonds is 4. The SMILES string of the molecule is c1ccc(N(c2ccc3c(c2)C2(c4ccccc4Oc4ccccc42)c2cccc4cccc-3c24)c2ccc3c(c2)c2ccccc2n3-c2ccc3c(c2)oc2ccccc23)cc1. The van der Waals surface area contributed by atoms with Gasteiger partial charge in [-0.3, -0.25) is 0 Å². The Labute approximate surface area is 363 Å². The lowest BCUT2D eigenvalue weighted by Crippen LogP contribution is -2.36. The number of para-hydroxylation sites is 5. The average molecular weight is 805 g/mol. The second-order valence-electron chi connectivity index (χ2n) is 16.8. The molecule has 0 amide bonds. The summed E-state index contributed by atoms with van der Waals surface area (Å²) in [7, 11) is 0. The predicted octanol–water partition coefficient (Wildman–Crippen LogP) is 15.8. The number of aromatic nitrogens is 1. The van der Waals surface area contributed by atoms with E-state index in [4.69, 9.17) is 9.15 Å². The van der Waals surface area contributed by atoms with Gasteiger partial charge < -0.3 is 18.6 Å². The van der Waals surface area contributed by atoms with E-state index in [0.29, 0.717) is 0 Å². The van der Waals surface area contributed by atoms with Crippen LogP contribution in [0.5, 0.6) is 11.5 Å². The van der Waals surface area contributed by atoms with Crippen LogP contribution in [0, 0.1) is 0 Å². The maximum absolute atomic E-state index is 6.75. The van der Waals surface area contributed by atoms with Crippen LogP contribution in [-0.4, -0.2) is 4.57 Å². The molecule has 4 heteroatoms. The molecule has 1 aliphatic heterocycles. The van der Waals surface area contributed by atoms with Crippen molar-refractivity contribution in [2.45, 2.75) is 5.41 Å². The van der Waals surface area contributed by atoms with E-state index in [9.17, 15) is 0 Å². The minimum Gasteiger partial charge on any atom is -0.457 e. The first-order valence-corrected chi connectivity index (χ1v) is 21.6. The molecule has 0 saturated heterocycles. The molecule has 1 aliphatic carbocycles. The summed E-state index contributed by atoms with van der Waals surface area (Å²) in [5.41, 5.74) is 15.0. The van der Waals surface area contributed by atoms with Crippen molar-refractivity contribution >= 4 is 71.6 Å². The lowest BCUT2D eigenvalue weighted by Gasteiger charge is -2.45. The third-order valence-electron chi connectivity index (χ3n) is 13.6. The van der Waals surface area contributed by atoms with Crippen LogP contribution in [0.4, 0.5) is 17.1 Å². The molecule has 0 atom stereocenters. The zero-order valence-corrected chi connectivity index (χ0v) is 34.0. The summed E-state index contributed by atoms with van der Waals surface area (Å²) in [6, 6.07) is 79.1. The summed E-state index contributed by atoms with van der Waals surface area (Å²) >= 11 is 0. The molecule has 2 aliphatic rings. The van der Waals surface area contributed by atoms with E-state index in [1.165, 1.54) is 43.8 Å². The maximum atomic E-state index is 6.75. The van der Waals surface area contributed by atoms with Gasteiger partial charge in [0.25, 0.3) is 0 Å². The first-order chi connectivity index (χ1) is 31.2. The number of hydrogen-bond acceptors (Lipinski definition) is 3. The number of benzene rings is 10. The molecule has 2 aromatic heterocycles. The largest absolute Gasteiger partial charge is 0.457 e. The van der Waals surface area contributed by atoms with Crippen LogP contribution in [-0.2, 0) is 5.41 Å². The summed E-state index contributed by atoms with van der Waals surface area (Å²) in [4.78, 5) is 2.41. The second-order valence-corrected chi connectivity index (χ2v) is 16.8. The van der Waals surface area contributed by atoms with Gasteiger partial charge in [0.1, 0.15) is 22.7 Å². The van der Waals surface area contributed by atoms with E-state index in [1.54, 1.807) is 0 Å². The van der Waals surface area contributed by atoms with Crippen LogP contribution < -0.4 is 9.64 Å². The third kappa shape index (κ3) is 4.69. The Morgan fingerprint density at radius 3 is 1.87 bits per heavy atom. The van der Waals surface area contributed by atoms with Crippen molar-refractivity contribution in [3.63, 3.8) is 0 Å². The van der Waals surface area contributed by atoms with Gasteiger partial charge in [-0.1, -0.05) is 133 Å². The van der Waals surface area contributed by atoms with Gasteiger partial charge >= 0.3 is 0 Å². The van der Waals surface area contributed by atoms with Gasteiger partial charge in [0.15, 0.2) is 0 Å². The number of ether oxygens (including phenoxy) is 1. The normalized spacial score (nSPS) is 13.3. The summed E-state index contributed by atoms with van der Waals surface area (Å²) in [6.07, 6.45) is 0. The van der Waals surface area contributed by atoms with Gasteiger partial charge in [0, 0.05) is 61.5 Å². The highest BCUT2D eigenvalue weighted by Crippen LogP contribution is 2.61. The van der Waals surface area contributed by atoms with Gasteiger partial charge in [-0.25, -0.2) is 0 Å². The van der Waals surface area contributed by atoms with E-state index < -0.39 is 5.41 Å². The van der Waals surface area contributed by atoms with Crippen LogP contribution in [0.15, 0.2) is 223 Å². The molecule has 0 radical (unpaired) electrons. The Bertz CT molecular complexity index is 3810. The van der Waals surface area contributed by atoms with Crippen molar-refractivity contribution in [1.29, 1.82) is 0 Å². The first-order valence-electron chi connectivity index (χ1n) is 21.6. The second kappa shape index (κ2) is 12.8. The van der Waals surface area contributed by atoms with Crippen molar-refractivity contribution in [2.75, 3.05) is 4.90 Å². The number of fused-ring (bicyclic) bond motifs is 14. The highest BCUT2D eigenvalue weighted by Gasteiger charge is 2.49. The molecule has 0 saturated carbocycles. The van der Waals surface area contributed by atoms with E-state index in [-0.39, 0.29) is 0 Å². The average Bonchev–Trinajstić information content (AvgIpc) is 3.88. The van der Waals surface area contributed by atoms with E-state index in [1.807, 2.05) is 12.1 Å². The van der Waals surface area contributed by atoms with Crippen molar-refractivity contribution in [3.05, 3.63) is 241 Å². The van der Waals surface area contributed by atoms with Crippen molar-refractivity contribution in [3.8, 4) is 28.3 Å². The van der Waals surface area contributed by atoms with E-state index in [2.05, 4.69) is 216 Å². The fourth-order valence-electron chi connectivity index (χ4n) is 11.1. The molecule has 63 heavy (non-hydrogen) atoms. The molecule has 14 rings (SSSR count). The Hall–Kier alpha value is -8.34. The minimum absolute atomic E-state index is 0.647. The number of anilines is 3. The summed E-state index contributed by atoms with van der Waals surface area (Å²) in [5, 5.41) is 7.14. The molecule has 0 fully saturated rings. The smallest absolute Gasteiger partial charge is 0.137 e. The molecule has 0 unspecified atom stereocenters. The van der Waals surface area contributed by atoms with E-state index >= 15 is 0 Å². The quantitative estimate of drug-likeness (QED) is 0.178. The summed E-state index contributed by atoms with van der Waals surface area (Å²) in [5.74, 6) is 1.76. The van der Waals surface area contributed by atoms with E-state index in [0.717, 1.165) is 78.3 Å². The zero-order valence-electron chi connectivity index (χ0n) is 34.0. The highest BCUT2D eigenvalue weighted by molar-refractivity contribution is 6.12. The van der Waals surface area contributed by atoms with Crippen molar-refractivity contribution in [1.82, 2.24) is 4.57 Å². The zero-order chi connectivity index (χ0) is 41.2. The van der Waals surface area contributed by atoms with Gasteiger partial charge in [0.2, 0.25) is 0 Å². The number of furan rings is 1. The third-order valence-corrected chi connectivity index (χ3v) is 13.6. The van der Waals surface area contributed by atoms with Crippen LogP contribution in [0.2, 0.25) is 0 Å².